The Hall–Kier alpha value is -1.62. The van der Waals surface area contributed by atoms with E-state index in [1.165, 1.54) is 0 Å². The summed E-state index contributed by atoms with van der Waals surface area (Å²) < 4.78 is 11.0. The number of likely N-dealkylation sites (N-methyl/N-ethyl adjacent to an activating group) is 1. The lowest BCUT2D eigenvalue weighted by Crippen LogP contribution is -2.10. The summed E-state index contributed by atoms with van der Waals surface area (Å²) in [5.41, 5.74) is 0.876. The first-order valence-electron chi connectivity index (χ1n) is 5.25. The minimum absolute atomic E-state index is 0.528. The minimum Gasteiger partial charge on any atom is -0.466 e. The van der Waals surface area contributed by atoms with Gasteiger partial charge in [0.15, 0.2) is 0 Å². The van der Waals surface area contributed by atoms with Gasteiger partial charge < -0.3 is 14.2 Å². The maximum atomic E-state index is 5.54. The Morgan fingerprint density at radius 2 is 2.06 bits per heavy atom. The standard InChI is InChI=1S/C11H15N3O2/c1-7-6-9(8(2)15-7)11-14-13-10(16-11)4-5-12-3/h6,12H,4-5H2,1-3H3. The summed E-state index contributed by atoms with van der Waals surface area (Å²) in [6.45, 7) is 4.61. The molecule has 0 aliphatic heterocycles. The summed E-state index contributed by atoms with van der Waals surface area (Å²) in [6.07, 6.45) is 0.735. The zero-order valence-electron chi connectivity index (χ0n) is 9.70. The zero-order valence-corrected chi connectivity index (χ0v) is 9.70. The van der Waals surface area contributed by atoms with Gasteiger partial charge in [-0.25, -0.2) is 0 Å². The molecule has 5 nitrogen and oxygen atoms in total. The van der Waals surface area contributed by atoms with E-state index in [0.29, 0.717) is 11.8 Å². The van der Waals surface area contributed by atoms with Crippen molar-refractivity contribution in [1.82, 2.24) is 15.5 Å². The van der Waals surface area contributed by atoms with Crippen LogP contribution in [0.4, 0.5) is 0 Å². The van der Waals surface area contributed by atoms with Crippen molar-refractivity contribution in [2.75, 3.05) is 13.6 Å². The van der Waals surface area contributed by atoms with Crippen LogP contribution in [0.3, 0.4) is 0 Å². The van der Waals surface area contributed by atoms with Crippen LogP contribution in [0.2, 0.25) is 0 Å². The van der Waals surface area contributed by atoms with Gasteiger partial charge in [-0.15, -0.1) is 10.2 Å². The van der Waals surface area contributed by atoms with Gasteiger partial charge in [-0.3, -0.25) is 0 Å². The summed E-state index contributed by atoms with van der Waals surface area (Å²) in [5, 5.41) is 11.0. The number of nitrogens with zero attached hydrogens (tertiary/aromatic N) is 2. The maximum Gasteiger partial charge on any atom is 0.251 e. The Kier molecular flexibility index (Phi) is 3.05. The Labute approximate surface area is 93.9 Å². The Morgan fingerprint density at radius 3 is 2.69 bits per heavy atom. The summed E-state index contributed by atoms with van der Waals surface area (Å²) in [6, 6.07) is 1.91. The first kappa shape index (κ1) is 10.9. The van der Waals surface area contributed by atoms with E-state index < -0.39 is 0 Å². The van der Waals surface area contributed by atoms with Gasteiger partial charge in [-0.1, -0.05) is 0 Å². The predicted octanol–water partition coefficient (Wildman–Crippen LogP) is 1.71. The molecule has 0 amide bonds. The highest BCUT2D eigenvalue weighted by Gasteiger charge is 2.14. The van der Waals surface area contributed by atoms with Crippen molar-refractivity contribution in [3.8, 4) is 11.5 Å². The average Bonchev–Trinajstić information content (AvgIpc) is 2.82. The highest BCUT2D eigenvalue weighted by molar-refractivity contribution is 5.55. The lowest BCUT2D eigenvalue weighted by Gasteiger charge is -1.92. The maximum absolute atomic E-state index is 5.54. The second kappa shape index (κ2) is 4.49. The second-order valence-corrected chi connectivity index (χ2v) is 3.68. The summed E-state index contributed by atoms with van der Waals surface area (Å²) in [5.74, 6) is 2.83. The number of nitrogens with one attached hydrogen (secondary N) is 1. The molecule has 0 saturated carbocycles. The summed E-state index contributed by atoms with van der Waals surface area (Å²) in [7, 11) is 1.89. The lowest BCUT2D eigenvalue weighted by molar-refractivity contribution is 0.490. The number of rotatable bonds is 4. The summed E-state index contributed by atoms with van der Waals surface area (Å²) >= 11 is 0. The molecule has 2 aromatic rings. The van der Waals surface area contributed by atoms with Crippen LogP contribution in [0, 0.1) is 13.8 Å². The van der Waals surface area contributed by atoms with E-state index in [9.17, 15) is 0 Å². The van der Waals surface area contributed by atoms with E-state index in [-0.39, 0.29) is 0 Å². The Balaban J connectivity index is 2.21. The first-order chi connectivity index (χ1) is 7.70. The molecular formula is C11H15N3O2. The molecule has 0 radical (unpaired) electrons. The van der Waals surface area contributed by atoms with Crippen molar-refractivity contribution in [1.29, 1.82) is 0 Å². The molecule has 0 aromatic carbocycles. The van der Waals surface area contributed by atoms with Crippen LogP contribution in [0.25, 0.3) is 11.5 Å². The smallest absolute Gasteiger partial charge is 0.251 e. The van der Waals surface area contributed by atoms with E-state index >= 15 is 0 Å². The molecule has 0 spiro atoms. The number of furan rings is 1. The van der Waals surface area contributed by atoms with E-state index in [4.69, 9.17) is 8.83 Å². The normalized spacial score (nSPS) is 10.9. The number of hydrogen-bond donors (Lipinski definition) is 1. The van der Waals surface area contributed by atoms with Crippen LogP contribution in [-0.2, 0) is 6.42 Å². The van der Waals surface area contributed by atoms with Crippen molar-refractivity contribution in [2.45, 2.75) is 20.3 Å². The highest BCUT2D eigenvalue weighted by atomic mass is 16.4. The van der Waals surface area contributed by atoms with E-state index in [1.54, 1.807) is 0 Å². The predicted molar refractivity (Wildman–Crippen MR) is 59.1 cm³/mol. The molecule has 0 saturated heterocycles. The topological polar surface area (TPSA) is 64.1 Å². The molecule has 86 valence electrons. The van der Waals surface area contributed by atoms with Gasteiger partial charge in [-0.2, -0.15) is 0 Å². The Bertz CT molecular complexity index is 473. The molecule has 0 atom stereocenters. The quantitative estimate of drug-likeness (QED) is 0.851. The van der Waals surface area contributed by atoms with Crippen LogP contribution in [0.5, 0.6) is 0 Å². The fourth-order valence-corrected chi connectivity index (χ4v) is 1.54. The van der Waals surface area contributed by atoms with Gasteiger partial charge in [0.1, 0.15) is 11.5 Å². The molecule has 16 heavy (non-hydrogen) atoms. The monoisotopic (exact) mass is 221 g/mol. The SMILES string of the molecule is CNCCc1nnc(-c2cc(C)oc2C)o1. The number of aryl methyl sites for hydroxylation is 2. The van der Waals surface area contributed by atoms with Gasteiger partial charge in [0.05, 0.1) is 5.56 Å². The first-order valence-corrected chi connectivity index (χ1v) is 5.25. The van der Waals surface area contributed by atoms with Crippen molar-refractivity contribution in [3.63, 3.8) is 0 Å². The number of hydrogen-bond acceptors (Lipinski definition) is 5. The molecule has 2 heterocycles. The molecule has 0 fully saturated rings. The second-order valence-electron chi connectivity index (χ2n) is 3.68. The van der Waals surface area contributed by atoms with Crippen LogP contribution in [0.15, 0.2) is 14.9 Å². The molecule has 1 N–H and O–H groups in total. The van der Waals surface area contributed by atoms with Gasteiger partial charge >= 0.3 is 0 Å². The number of aromatic nitrogens is 2. The van der Waals surface area contributed by atoms with Crippen molar-refractivity contribution in [2.24, 2.45) is 0 Å². The van der Waals surface area contributed by atoms with Crippen LogP contribution in [-0.4, -0.2) is 23.8 Å². The molecule has 5 heteroatoms. The van der Waals surface area contributed by atoms with Crippen LogP contribution in [0.1, 0.15) is 17.4 Å². The fourth-order valence-electron chi connectivity index (χ4n) is 1.54. The van der Waals surface area contributed by atoms with E-state index in [1.807, 2.05) is 27.0 Å². The fraction of sp³-hybridized carbons (Fsp3) is 0.455. The van der Waals surface area contributed by atoms with Crippen molar-refractivity contribution >= 4 is 0 Å². The van der Waals surface area contributed by atoms with Crippen LogP contribution < -0.4 is 5.32 Å². The molecule has 0 aliphatic rings. The molecule has 2 aromatic heterocycles. The van der Waals surface area contributed by atoms with Gasteiger partial charge in [0.25, 0.3) is 5.89 Å². The Morgan fingerprint density at radius 1 is 1.25 bits per heavy atom. The minimum atomic E-state index is 0.528. The van der Waals surface area contributed by atoms with E-state index in [2.05, 4.69) is 15.5 Å². The molecular weight excluding hydrogens is 206 g/mol. The van der Waals surface area contributed by atoms with Gasteiger partial charge in [-0.05, 0) is 27.0 Å². The molecule has 2 rings (SSSR count). The lowest BCUT2D eigenvalue weighted by atomic mass is 10.2. The molecule has 0 bridgehead atoms. The third kappa shape index (κ3) is 2.14. The third-order valence-corrected chi connectivity index (χ3v) is 2.33. The van der Waals surface area contributed by atoms with Crippen molar-refractivity contribution in [3.05, 3.63) is 23.5 Å². The van der Waals surface area contributed by atoms with Crippen LogP contribution >= 0.6 is 0 Å². The average molecular weight is 221 g/mol. The van der Waals surface area contributed by atoms with Gasteiger partial charge in [0.2, 0.25) is 5.89 Å². The summed E-state index contributed by atoms with van der Waals surface area (Å²) in [4.78, 5) is 0. The van der Waals surface area contributed by atoms with E-state index in [0.717, 1.165) is 30.0 Å². The van der Waals surface area contributed by atoms with Crippen molar-refractivity contribution < 1.29 is 8.83 Å². The molecule has 0 aliphatic carbocycles. The van der Waals surface area contributed by atoms with Gasteiger partial charge in [0, 0.05) is 13.0 Å². The third-order valence-electron chi connectivity index (χ3n) is 2.33. The highest BCUT2D eigenvalue weighted by Crippen LogP contribution is 2.25. The molecule has 0 unspecified atom stereocenters. The zero-order chi connectivity index (χ0) is 11.5. The largest absolute Gasteiger partial charge is 0.466 e.